The first-order valence-corrected chi connectivity index (χ1v) is 9.90. The van der Waals surface area contributed by atoms with Crippen LogP contribution in [0.1, 0.15) is 12.8 Å². The Hall–Kier alpha value is -4.54. The fraction of sp³-hybridized carbons (Fsp3) is 0.182. The van der Waals surface area contributed by atoms with Crippen LogP contribution in [0.2, 0.25) is 0 Å². The van der Waals surface area contributed by atoms with Crippen molar-refractivity contribution in [3.63, 3.8) is 0 Å². The minimum Gasteiger partial charge on any atom is -0.466 e. The van der Waals surface area contributed by atoms with Gasteiger partial charge in [-0.25, -0.2) is 4.79 Å². The third kappa shape index (κ3) is 4.03. The molecule has 2 aromatic carbocycles. The zero-order chi connectivity index (χ0) is 23.7. The van der Waals surface area contributed by atoms with Crippen molar-refractivity contribution in [1.29, 1.82) is 0 Å². The van der Waals surface area contributed by atoms with Gasteiger partial charge in [0.15, 0.2) is 0 Å². The second-order valence-corrected chi connectivity index (χ2v) is 7.42. The lowest BCUT2D eigenvalue weighted by atomic mass is 9.95. The number of carbonyl (C=O) groups is 4. The summed E-state index contributed by atoms with van der Waals surface area (Å²) in [6.45, 7) is 0. The van der Waals surface area contributed by atoms with Crippen LogP contribution in [0, 0.1) is 16.0 Å². The van der Waals surface area contributed by atoms with Gasteiger partial charge in [0.1, 0.15) is 5.70 Å². The summed E-state index contributed by atoms with van der Waals surface area (Å²) in [7, 11) is 1.16. The third-order valence-electron chi connectivity index (χ3n) is 5.40. The van der Waals surface area contributed by atoms with Gasteiger partial charge >= 0.3 is 5.97 Å². The van der Waals surface area contributed by atoms with Gasteiger partial charge in [0.05, 0.1) is 40.6 Å². The molecule has 2 aromatic rings. The minimum absolute atomic E-state index is 0.0606. The first kappa shape index (κ1) is 21.7. The monoisotopic (exact) mass is 450 g/mol. The van der Waals surface area contributed by atoms with E-state index >= 15 is 0 Å². The number of amides is 3. The zero-order valence-electron chi connectivity index (χ0n) is 17.4. The lowest BCUT2D eigenvalue weighted by Gasteiger charge is -2.23. The predicted molar refractivity (Wildman–Crippen MR) is 116 cm³/mol. The minimum atomic E-state index is -0.916. The lowest BCUT2D eigenvalue weighted by Crippen LogP contribution is -2.32. The molecule has 11 nitrogen and oxygen atoms in total. The molecule has 0 aliphatic carbocycles. The maximum absolute atomic E-state index is 13.0. The number of nitrogens with one attached hydrogen (secondary N) is 2. The summed E-state index contributed by atoms with van der Waals surface area (Å²) in [6, 6.07) is 11.9. The number of nitrogens with zero attached hydrogens (tertiary/aromatic N) is 2. The molecule has 1 unspecified atom stereocenters. The molecule has 33 heavy (non-hydrogen) atoms. The fourth-order valence-electron chi connectivity index (χ4n) is 3.80. The summed E-state index contributed by atoms with van der Waals surface area (Å²) in [6.07, 6.45) is -0.402. The number of para-hydroxylation sites is 2. The molecule has 0 saturated carbocycles. The van der Waals surface area contributed by atoms with E-state index in [1.807, 2.05) is 0 Å². The van der Waals surface area contributed by atoms with Crippen molar-refractivity contribution in [2.24, 2.45) is 5.92 Å². The highest BCUT2D eigenvalue weighted by atomic mass is 16.6. The summed E-state index contributed by atoms with van der Waals surface area (Å²) in [5.41, 5.74) is 0.979. The molecule has 1 fully saturated rings. The highest BCUT2D eigenvalue weighted by Crippen LogP contribution is 2.34. The molecule has 0 aromatic heterocycles. The lowest BCUT2D eigenvalue weighted by molar-refractivity contribution is -0.384. The van der Waals surface area contributed by atoms with Gasteiger partial charge in [-0.05, 0) is 30.7 Å². The molecular formula is C22H18N4O7. The number of rotatable bonds is 5. The Kier molecular flexibility index (Phi) is 5.61. The Morgan fingerprint density at radius 1 is 1.09 bits per heavy atom. The number of fused-ring (bicyclic) bond motifs is 1. The molecular weight excluding hydrogens is 432 g/mol. The van der Waals surface area contributed by atoms with Crippen molar-refractivity contribution in [3.05, 3.63) is 69.9 Å². The summed E-state index contributed by atoms with van der Waals surface area (Å²) in [5, 5.41) is 16.4. The van der Waals surface area contributed by atoms with Crippen molar-refractivity contribution >= 4 is 46.4 Å². The van der Waals surface area contributed by atoms with Gasteiger partial charge in [0, 0.05) is 18.6 Å². The SMILES string of the molecule is COC(=O)C(CC1CC(=O)N(c2ccc([N+](=O)[O-])cc2)C1=O)=C1Nc2ccccc2NC1=O. The summed E-state index contributed by atoms with van der Waals surface area (Å²) in [4.78, 5) is 62.0. The van der Waals surface area contributed by atoms with E-state index in [-0.39, 0.29) is 35.5 Å². The molecule has 4 rings (SSSR count). The van der Waals surface area contributed by atoms with Crippen LogP contribution in [0.3, 0.4) is 0 Å². The number of hydrogen-bond donors (Lipinski definition) is 2. The van der Waals surface area contributed by atoms with Crippen molar-refractivity contribution < 1.29 is 28.8 Å². The van der Waals surface area contributed by atoms with Crippen LogP contribution in [0.25, 0.3) is 0 Å². The van der Waals surface area contributed by atoms with Crippen molar-refractivity contribution in [2.45, 2.75) is 12.8 Å². The van der Waals surface area contributed by atoms with Crippen LogP contribution in [-0.2, 0) is 23.9 Å². The molecule has 2 aliphatic heterocycles. The Morgan fingerprint density at radius 3 is 2.33 bits per heavy atom. The highest BCUT2D eigenvalue weighted by molar-refractivity contribution is 6.21. The van der Waals surface area contributed by atoms with Crippen LogP contribution < -0.4 is 15.5 Å². The average Bonchev–Trinajstić information content (AvgIpc) is 3.09. The number of anilines is 3. The van der Waals surface area contributed by atoms with Gasteiger partial charge in [0.2, 0.25) is 11.8 Å². The van der Waals surface area contributed by atoms with Crippen molar-refractivity contribution in [2.75, 3.05) is 22.6 Å². The smallest absolute Gasteiger partial charge is 0.336 e. The maximum Gasteiger partial charge on any atom is 0.336 e. The van der Waals surface area contributed by atoms with Crippen molar-refractivity contribution in [1.82, 2.24) is 0 Å². The molecule has 2 N–H and O–H groups in total. The number of hydrogen-bond acceptors (Lipinski definition) is 8. The largest absolute Gasteiger partial charge is 0.466 e. The molecule has 0 bridgehead atoms. The topological polar surface area (TPSA) is 148 Å². The number of carbonyl (C=O) groups excluding carboxylic acids is 4. The Bertz CT molecular complexity index is 1220. The van der Waals surface area contributed by atoms with Gasteiger partial charge in [-0.1, -0.05) is 12.1 Å². The predicted octanol–water partition coefficient (Wildman–Crippen LogP) is 2.36. The van der Waals surface area contributed by atoms with Crippen LogP contribution in [0.5, 0.6) is 0 Å². The molecule has 2 heterocycles. The fourth-order valence-corrected chi connectivity index (χ4v) is 3.80. The van der Waals surface area contributed by atoms with E-state index in [9.17, 15) is 29.3 Å². The van der Waals surface area contributed by atoms with E-state index < -0.39 is 34.5 Å². The standard InChI is InChI=1S/C22H18N4O7/c1-33-22(30)15(19-20(28)24-17-5-3-2-4-16(17)23-19)10-12-11-18(27)25(21(12)29)13-6-8-14(9-7-13)26(31)32/h2-9,12,23H,10-11H2,1H3,(H,24,28). The highest BCUT2D eigenvalue weighted by Gasteiger charge is 2.42. The van der Waals surface area contributed by atoms with Gasteiger partial charge in [0.25, 0.3) is 11.6 Å². The Labute approximate surface area is 187 Å². The second-order valence-electron chi connectivity index (χ2n) is 7.42. The van der Waals surface area contributed by atoms with Gasteiger partial charge in [-0.3, -0.25) is 29.4 Å². The first-order chi connectivity index (χ1) is 15.8. The number of benzene rings is 2. The summed E-state index contributed by atoms with van der Waals surface area (Å²) < 4.78 is 4.83. The van der Waals surface area contributed by atoms with Crippen LogP contribution in [-0.4, -0.2) is 35.7 Å². The van der Waals surface area contributed by atoms with Crippen molar-refractivity contribution in [3.8, 4) is 0 Å². The van der Waals surface area contributed by atoms with Gasteiger partial charge < -0.3 is 15.4 Å². The van der Waals surface area contributed by atoms with Crippen LogP contribution in [0.4, 0.5) is 22.7 Å². The first-order valence-electron chi connectivity index (χ1n) is 9.90. The van der Waals surface area contributed by atoms with E-state index in [0.717, 1.165) is 12.0 Å². The average molecular weight is 450 g/mol. The number of imide groups is 1. The quantitative estimate of drug-likeness (QED) is 0.232. The summed E-state index contributed by atoms with van der Waals surface area (Å²) >= 11 is 0. The molecule has 2 aliphatic rings. The second kappa shape index (κ2) is 8.54. The number of esters is 1. The van der Waals surface area contributed by atoms with E-state index in [2.05, 4.69) is 10.6 Å². The van der Waals surface area contributed by atoms with E-state index in [1.165, 1.54) is 24.3 Å². The number of methoxy groups -OCH3 is 1. The Morgan fingerprint density at radius 2 is 1.73 bits per heavy atom. The molecule has 1 saturated heterocycles. The van der Waals surface area contributed by atoms with E-state index in [0.29, 0.717) is 11.4 Å². The molecule has 0 radical (unpaired) electrons. The van der Waals surface area contributed by atoms with Crippen LogP contribution in [0.15, 0.2) is 59.8 Å². The zero-order valence-corrected chi connectivity index (χ0v) is 17.4. The normalized spacial score (nSPS) is 18.9. The van der Waals surface area contributed by atoms with Gasteiger partial charge in [-0.2, -0.15) is 0 Å². The molecule has 3 amide bonds. The number of ether oxygens (including phenoxy) is 1. The number of non-ortho nitro benzene ring substituents is 1. The van der Waals surface area contributed by atoms with Crippen LogP contribution >= 0.6 is 0 Å². The number of nitro groups is 1. The molecule has 11 heteroatoms. The number of nitro benzene ring substituents is 1. The van der Waals surface area contributed by atoms with E-state index in [1.54, 1.807) is 24.3 Å². The molecule has 168 valence electrons. The summed E-state index contributed by atoms with van der Waals surface area (Å²) in [5.74, 6) is -3.38. The third-order valence-corrected chi connectivity index (χ3v) is 5.40. The molecule has 1 atom stereocenters. The maximum atomic E-state index is 13.0. The molecule has 0 spiro atoms. The van der Waals surface area contributed by atoms with E-state index in [4.69, 9.17) is 4.74 Å². The Balaban J connectivity index is 1.63. The van der Waals surface area contributed by atoms with Gasteiger partial charge in [-0.15, -0.1) is 0 Å².